The Morgan fingerprint density at radius 2 is 1.43 bits per heavy atom. The molecule has 0 aromatic heterocycles. The molecule has 0 bridgehead atoms. The third-order valence-electron chi connectivity index (χ3n) is 5.18. The van der Waals surface area contributed by atoms with E-state index in [0.29, 0.717) is 5.92 Å². The Morgan fingerprint density at radius 1 is 0.714 bits per heavy atom. The molecule has 0 aliphatic heterocycles. The first-order valence-electron chi connectivity index (χ1n) is 6.54. The van der Waals surface area contributed by atoms with Crippen molar-refractivity contribution in [2.24, 2.45) is 23.7 Å². The van der Waals surface area contributed by atoms with Crippen molar-refractivity contribution in [2.45, 2.75) is 57.5 Å². The fraction of sp³-hybridized carbons (Fsp3) is 1.00. The summed E-state index contributed by atoms with van der Waals surface area (Å²) in [6.07, 6.45) is 11.0. The molecule has 3 saturated carbocycles. The fourth-order valence-electron chi connectivity index (χ4n) is 4.62. The molecular weight excluding hydrogens is 172 g/mol. The highest BCUT2D eigenvalue weighted by atomic mass is 16.3. The topological polar surface area (TPSA) is 20.2 Å². The van der Waals surface area contributed by atoms with Crippen LogP contribution >= 0.6 is 0 Å². The summed E-state index contributed by atoms with van der Waals surface area (Å²) in [5.41, 5.74) is 0. The SMILES string of the molecule is OC1CCCC2CCC3CCCC3C12. The Morgan fingerprint density at radius 3 is 2.36 bits per heavy atom. The number of hydrogen-bond donors (Lipinski definition) is 1. The van der Waals surface area contributed by atoms with E-state index in [-0.39, 0.29) is 6.10 Å². The average molecular weight is 194 g/mol. The van der Waals surface area contributed by atoms with Crippen LogP contribution in [0.15, 0.2) is 0 Å². The molecule has 5 unspecified atom stereocenters. The van der Waals surface area contributed by atoms with Crippen LogP contribution in [0.25, 0.3) is 0 Å². The largest absolute Gasteiger partial charge is 0.393 e. The van der Waals surface area contributed by atoms with E-state index >= 15 is 0 Å². The minimum Gasteiger partial charge on any atom is -0.393 e. The lowest BCUT2D eigenvalue weighted by Gasteiger charge is -2.45. The lowest BCUT2D eigenvalue weighted by molar-refractivity contribution is -0.0377. The van der Waals surface area contributed by atoms with E-state index in [0.717, 1.165) is 24.2 Å². The van der Waals surface area contributed by atoms with Gasteiger partial charge >= 0.3 is 0 Å². The van der Waals surface area contributed by atoms with Crippen molar-refractivity contribution in [3.05, 3.63) is 0 Å². The highest BCUT2D eigenvalue weighted by Crippen LogP contribution is 2.52. The van der Waals surface area contributed by atoms with Crippen LogP contribution in [-0.4, -0.2) is 11.2 Å². The number of fused-ring (bicyclic) bond motifs is 3. The van der Waals surface area contributed by atoms with Gasteiger partial charge in [-0.3, -0.25) is 0 Å². The van der Waals surface area contributed by atoms with E-state index in [1.807, 2.05) is 0 Å². The zero-order valence-corrected chi connectivity index (χ0v) is 8.99. The van der Waals surface area contributed by atoms with Crippen LogP contribution in [0.3, 0.4) is 0 Å². The molecule has 0 saturated heterocycles. The lowest BCUT2D eigenvalue weighted by atomic mass is 9.61. The molecule has 80 valence electrons. The molecule has 5 atom stereocenters. The molecule has 1 heteroatoms. The normalized spacial score (nSPS) is 52.5. The van der Waals surface area contributed by atoms with E-state index in [4.69, 9.17) is 0 Å². The van der Waals surface area contributed by atoms with Crippen molar-refractivity contribution < 1.29 is 5.11 Å². The van der Waals surface area contributed by atoms with Gasteiger partial charge in [0.1, 0.15) is 0 Å². The molecule has 1 N–H and O–H groups in total. The van der Waals surface area contributed by atoms with Crippen LogP contribution < -0.4 is 0 Å². The number of rotatable bonds is 0. The van der Waals surface area contributed by atoms with Gasteiger partial charge in [-0.1, -0.05) is 19.3 Å². The number of hydrogen-bond acceptors (Lipinski definition) is 1. The van der Waals surface area contributed by atoms with E-state index in [2.05, 4.69) is 0 Å². The van der Waals surface area contributed by atoms with Gasteiger partial charge in [-0.2, -0.15) is 0 Å². The molecule has 3 aliphatic rings. The highest BCUT2D eigenvalue weighted by Gasteiger charge is 2.45. The molecule has 3 aliphatic carbocycles. The van der Waals surface area contributed by atoms with E-state index < -0.39 is 0 Å². The Bertz CT molecular complexity index is 213. The van der Waals surface area contributed by atoms with Gasteiger partial charge < -0.3 is 5.11 Å². The van der Waals surface area contributed by atoms with Crippen LogP contribution in [-0.2, 0) is 0 Å². The van der Waals surface area contributed by atoms with Gasteiger partial charge in [0, 0.05) is 0 Å². The maximum atomic E-state index is 10.2. The second kappa shape index (κ2) is 3.52. The summed E-state index contributed by atoms with van der Waals surface area (Å²) in [5.74, 6) is 3.48. The van der Waals surface area contributed by atoms with E-state index in [9.17, 15) is 5.11 Å². The van der Waals surface area contributed by atoms with E-state index in [1.165, 1.54) is 44.9 Å². The third-order valence-corrected chi connectivity index (χ3v) is 5.18. The third kappa shape index (κ3) is 1.32. The second-order valence-electron chi connectivity index (χ2n) is 5.77. The van der Waals surface area contributed by atoms with Gasteiger partial charge in [-0.15, -0.1) is 0 Å². The monoisotopic (exact) mass is 194 g/mol. The molecule has 0 heterocycles. The number of aliphatic hydroxyl groups is 1. The molecule has 1 nitrogen and oxygen atoms in total. The van der Waals surface area contributed by atoms with Crippen LogP contribution in [0.2, 0.25) is 0 Å². The summed E-state index contributed by atoms with van der Waals surface area (Å²) in [4.78, 5) is 0. The summed E-state index contributed by atoms with van der Waals surface area (Å²) in [5, 5.41) is 10.2. The standard InChI is InChI=1S/C13H22O/c14-12-6-2-4-10-8-7-9-3-1-5-11(9)13(10)12/h9-14H,1-8H2. The van der Waals surface area contributed by atoms with Gasteiger partial charge in [0.2, 0.25) is 0 Å². The van der Waals surface area contributed by atoms with Gasteiger partial charge in [0.25, 0.3) is 0 Å². The first kappa shape index (κ1) is 9.21. The molecule has 0 aromatic carbocycles. The molecule has 3 rings (SSSR count). The van der Waals surface area contributed by atoms with Gasteiger partial charge in [0.05, 0.1) is 6.10 Å². The molecule has 14 heavy (non-hydrogen) atoms. The highest BCUT2D eigenvalue weighted by molar-refractivity contribution is 4.95. The van der Waals surface area contributed by atoms with Crippen LogP contribution in [0, 0.1) is 23.7 Å². The molecule has 3 fully saturated rings. The average Bonchev–Trinajstić information content (AvgIpc) is 2.65. The van der Waals surface area contributed by atoms with Crippen molar-refractivity contribution in [3.63, 3.8) is 0 Å². The first-order chi connectivity index (χ1) is 6.86. The first-order valence-corrected chi connectivity index (χ1v) is 6.54. The van der Waals surface area contributed by atoms with Gasteiger partial charge in [-0.25, -0.2) is 0 Å². The van der Waals surface area contributed by atoms with Crippen molar-refractivity contribution in [3.8, 4) is 0 Å². The summed E-state index contributed by atoms with van der Waals surface area (Å²) >= 11 is 0. The van der Waals surface area contributed by atoms with Crippen LogP contribution in [0.1, 0.15) is 51.4 Å². The van der Waals surface area contributed by atoms with Crippen LogP contribution in [0.5, 0.6) is 0 Å². The lowest BCUT2D eigenvalue weighted by Crippen LogP contribution is -2.42. The molecular formula is C13H22O. The molecule has 0 amide bonds. The van der Waals surface area contributed by atoms with Crippen molar-refractivity contribution in [2.75, 3.05) is 0 Å². The Kier molecular flexibility index (Phi) is 2.31. The van der Waals surface area contributed by atoms with E-state index in [1.54, 1.807) is 0 Å². The molecule has 0 spiro atoms. The summed E-state index contributed by atoms with van der Waals surface area (Å²) in [6, 6.07) is 0. The summed E-state index contributed by atoms with van der Waals surface area (Å²) < 4.78 is 0. The van der Waals surface area contributed by atoms with Crippen molar-refractivity contribution in [1.29, 1.82) is 0 Å². The molecule has 0 aromatic rings. The smallest absolute Gasteiger partial charge is 0.0573 e. The summed E-state index contributed by atoms with van der Waals surface area (Å²) in [7, 11) is 0. The predicted molar refractivity (Wildman–Crippen MR) is 56.9 cm³/mol. The fourth-order valence-corrected chi connectivity index (χ4v) is 4.62. The van der Waals surface area contributed by atoms with Crippen molar-refractivity contribution >= 4 is 0 Å². The Balaban J connectivity index is 1.81. The minimum absolute atomic E-state index is 0.0552. The Labute approximate surface area is 86.9 Å². The minimum atomic E-state index is 0.0552. The van der Waals surface area contributed by atoms with Crippen LogP contribution in [0.4, 0.5) is 0 Å². The second-order valence-corrected chi connectivity index (χ2v) is 5.77. The van der Waals surface area contributed by atoms with Crippen molar-refractivity contribution in [1.82, 2.24) is 0 Å². The maximum Gasteiger partial charge on any atom is 0.0573 e. The quantitative estimate of drug-likeness (QED) is 0.628. The predicted octanol–water partition coefficient (Wildman–Crippen LogP) is 2.97. The maximum absolute atomic E-state index is 10.2. The molecule has 0 radical (unpaired) electrons. The van der Waals surface area contributed by atoms with Gasteiger partial charge in [-0.05, 0) is 55.8 Å². The Hall–Kier alpha value is -0.0400. The zero-order valence-electron chi connectivity index (χ0n) is 8.99. The number of aliphatic hydroxyl groups excluding tert-OH is 1. The van der Waals surface area contributed by atoms with Gasteiger partial charge in [0.15, 0.2) is 0 Å². The zero-order chi connectivity index (χ0) is 9.54. The summed E-state index contributed by atoms with van der Waals surface area (Å²) in [6.45, 7) is 0.